The molecular formula is C16H26N2O3. The highest BCUT2D eigenvalue weighted by atomic mass is 16.5. The molecule has 0 heterocycles. The first-order valence-corrected chi connectivity index (χ1v) is 7.30. The van der Waals surface area contributed by atoms with Crippen molar-refractivity contribution in [3.05, 3.63) is 23.8 Å². The van der Waals surface area contributed by atoms with E-state index >= 15 is 0 Å². The molecule has 0 spiro atoms. The van der Waals surface area contributed by atoms with Crippen molar-refractivity contribution in [1.82, 2.24) is 4.90 Å². The highest BCUT2D eigenvalue weighted by Gasteiger charge is 2.22. The Morgan fingerprint density at radius 2 is 1.67 bits per heavy atom. The number of rotatable bonds is 8. The van der Waals surface area contributed by atoms with E-state index in [-0.39, 0.29) is 11.8 Å². The number of nitrogens with two attached hydrogens (primary N) is 1. The number of carbonyl (C=O) groups excluding carboxylic acids is 1. The molecular weight excluding hydrogens is 268 g/mol. The molecule has 0 fully saturated rings. The van der Waals surface area contributed by atoms with E-state index in [1.54, 1.807) is 14.2 Å². The number of carbonyl (C=O) groups is 1. The van der Waals surface area contributed by atoms with E-state index in [9.17, 15) is 4.79 Å². The first-order chi connectivity index (χ1) is 10.1. The van der Waals surface area contributed by atoms with Crippen LogP contribution in [0.15, 0.2) is 18.2 Å². The fourth-order valence-corrected chi connectivity index (χ4v) is 2.33. The predicted molar refractivity (Wildman–Crippen MR) is 83.7 cm³/mol. The summed E-state index contributed by atoms with van der Waals surface area (Å²) in [5.74, 6) is 1.32. The third-order valence-corrected chi connectivity index (χ3v) is 3.60. The van der Waals surface area contributed by atoms with Crippen LogP contribution in [0.4, 0.5) is 0 Å². The lowest BCUT2D eigenvalue weighted by Crippen LogP contribution is -2.39. The van der Waals surface area contributed by atoms with Crippen molar-refractivity contribution in [3.8, 4) is 11.5 Å². The van der Waals surface area contributed by atoms with Gasteiger partial charge in [0.15, 0.2) is 0 Å². The molecule has 0 bridgehead atoms. The molecule has 21 heavy (non-hydrogen) atoms. The normalized spacial score (nSPS) is 11.9. The van der Waals surface area contributed by atoms with Gasteiger partial charge in [-0.05, 0) is 38.0 Å². The third-order valence-electron chi connectivity index (χ3n) is 3.60. The van der Waals surface area contributed by atoms with Gasteiger partial charge in [0.2, 0.25) is 5.91 Å². The summed E-state index contributed by atoms with van der Waals surface area (Å²) in [6.45, 7) is 5.68. The molecule has 0 radical (unpaired) electrons. The Kier molecular flexibility index (Phi) is 7.02. The molecule has 1 unspecified atom stereocenters. The molecule has 0 aliphatic rings. The maximum atomic E-state index is 12.4. The Labute approximate surface area is 127 Å². The van der Waals surface area contributed by atoms with E-state index in [1.807, 2.05) is 36.9 Å². The van der Waals surface area contributed by atoms with Gasteiger partial charge in [-0.1, -0.05) is 0 Å². The standard InChI is InChI=1S/C16H26N2O3/c1-5-18(6-2)16(19)13(11-17)7-12-8-14(20-3)10-15(9-12)21-4/h8-10,13H,5-7,11,17H2,1-4H3. The Balaban J connectivity index is 2.93. The summed E-state index contributed by atoms with van der Waals surface area (Å²) in [6.07, 6.45) is 0.583. The van der Waals surface area contributed by atoms with Crippen molar-refractivity contribution in [2.24, 2.45) is 11.7 Å². The summed E-state index contributed by atoms with van der Waals surface area (Å²) in [6, 6.07) is 5.65. The van der Waals surface area contributed by atoms with Gasteiger partial charge in [0, 0.05) is 25.7 Å². The molecule has 0 saturated carbocycles. The zero-order valence-corrected chi connectivity index (χ0v) is 13.4. The molecule has 1 amide bonds. The smallest absolute Gasteiger partial charge is 0.227 e. The number of nitrogens with zero attached hydrogens (tertiary/aromatic N) is 1. The average molecular weight is 294 g/mol. The van der Waals surface area contributed by atoms with Crippen molar-refractivity contribution in [2.75, 3.05) is 33.9 Å². The summed E-state index contributed by atoms with van der Waals surface area (Å²) in [4.78, 5) is 14.2. The van der Waals surface area contributed by atoms with Crippen molar-refractivity contribution in [2.45, 2.75) is 20.3 Å². The van der Waals surface area contributed by atoms with Gasteiger partial charge >= 0.3 is 0 Å². The van der Waals surface area contributed by atoms with Crippen LogP contribution in [0.2, 0.25) is 0 Å². The van der Waals surface area contributed by atoms with Crippen molar-refractivity contribution in [3.63, 3.8) is 0 Å². The fraction of sp³-hybridized carbons (Fsp3) is 0.562. The summed E-state index contributed by atoms with van der Waals surface area (Å²) in [5, 5.41) is 0. The molecule has 0 aliphatic heterocycles. The van der Waals surface area contributed by atoms with Gasteiger partial charge in [-0.25, -0.2) is 0 Å². The number of benzene rings is 1. The van der Waals surface area contributed by atoms with Crippen molar-refractivity contribution in [1.29, 1.82) is 0 Å². The van der Waals surface area contributed by atoms with Crippen LogP contribution >= 0.6 is 0 Å². The topological polar surface area (TPSA) is 64.8 Å². The van der Waals surface area contributed by atoms with Gasteiger partial charge in [-0.15, -0.1) is 0 Å². The van der Waals surface area contributed by atoms with Gasteiger partial charge in [-0.3, -0.25) is 4.79 Å². The second-order valence-electron chi connectivity index (χ2n) is 4.87. The van der Waals surface area contributed by atoms with E-state index in [0.29, 0.717) is 26.1 Å². The van der Waals surface area contributed by atoms with Crippen LogP contribution in [0.5, 0.6) is 11.5 Å². The number of hydrogen-bond donors (Lipinski definition) is 1. The zero-order valence-electron chi connectivity index (χ0n) is 13.4. The van der Waals surface area contributed by atoms with Gasteiger partial charge in [0.1, 0.15) is 11.5 Å². The number of ether oxygens (including phenoxy) is 2. The lowest BCUT2D eigenvalue weighted by molar-refractivity contribution is -0.134. The summed E-state index contributed by atoms with van der Waals surface area (Å²) in [7, 11) is 3.22. The molecule has 118 valence electrons. The molecule has 0 aromatic heterocycles. The van der Waals surface area contributed by atoms with Gasteiger partial charge in [0.05, 0.1) is 20.1 Å². The lowest BCUT2D eigenvalue weighted by Gasteiger charge is -2.24. The minimum Gasteiger partial charge on any atom is -0.497 e. The van der Waals surface area contributed by atoms with E-state index in [4.69, 9.17) is 15.2 Å². The number of methoxy groups -OCH3 is 2. The second kappa shape index (κ2) is 8.52. The van der Waals surface area contributed by atoms with Crippen LogP contribution in [0.1, 0.15) is 19.4 Å². The molecule has 1 rings (SSSR count). The Morgan fingerprint density at radius 1 is 1.14 bits per heavy atom. The van der Waals surface area contributed by atoms with Crippen molar-refractivity contribution < 1.29 is 14.3 Å². The van der Waals surface area contributed by atoms with E-state index in [0.717, 1.165) is 17.1 Å². The maximum absolute atomic E-state index is 12.4. The molecule has 0 aliphatic carbocycles. The number of amides is 1. The molecule has 5 heteroatoms. The Morgan fingerprint density at radius 3 is 2.05 bits per heavy atom. The molecule has 1 atom stereocenters. The largest absolute Gasteiger partial charge is 0.497 e. The maximum Gasteiger partial charge on any atom is 0.227 e. The van der Waals surface area contributed by atoms with Crippen LogP contribution in [0.25, 0.3) is 0 Å². The van der Waals surface area contributed by atoms with E-state index in [2.05, 4.69) is 0 Å². The predicted octanol–water partition coefficient (Wildman–Crippen LogP) is 1.69. The summed E-state index contributed by atoms with van der Waals surface area (Å²) >= 11 is 0. The molecule has 2 N–H and O–H groups in total. The van der Waals surface area contributed by atoms with Crippen LogP contribution in [-0.4, -0.2) is 44.7 Å². The minimum atomic E-state index is -0.221. The van der Waals surface area contributed by atoms with Gasteiger partial charge in [-0.2, -0.15) is 0 Å². The van der Waals surface area contributed by atoms with Crippen LogP contribution in [-0.2, 0) is 11.2 Å². The molecule has 1 aromatic rings. The van der Waals surface area contributed by atoms with Gasteiger partial charge < -0.3 is 20.1 Å². The first-order valence-electron chi connectivity index (χ1n) is 7.30. The quantitative estimate of drug-likeness (QED) is 0.792. The van der Waals surface area contributed by atoms with Crippen molar-refractivity contribution >= 4 is 5.91 Å². The molecule has 5 nitrogen and oxygen atoms in total. The lowest BCUT2D eigenvalue weighted by atomic mass is 9.97. The molecule has 1 aromatic carbocycles. The van der Waals surface area contributed by atoms with Crippen LogP contribution in [0, 0.1) is 5.92 Å². The van der Waals surface area contributed by atoms with E-state index in [1.165, 1.54) is 0 Å². The summed E-state index contributed by atoms with van der Waals surface area (Å²) in [5.41, 5.74) is 6.79. The number of hydrogen-bond acceptors (Lipinski definition) is 4. The highest BCUT2D eigenvalue weighted by Crippen LogP contribution is 2.24. The Hall–Kier alpha value is -1.75. The fourth-order valence-electron chi connectivity index (χ4n) is 2.33. The summed E-state index contributed by atoms with van der Waals surface area (Å²) < 4.78 is 10.5. The first kappa shape index (κ1) is 17.3. The monoisotopic (exact) mass is 294 g/mol. The zero-order chi connectivity index (χ0) is 15.8. The Bertz CT molecular complexity index is 437. The molecule has 0 saturated heterocycles. The van der Waals surface area contributed by atoms with Crippen LogP contribution in [0.3, 0.4) is 0 Å². The minimum absolute atomic E-state index is 0.101. The van der Waals surface area contributed by atoms with Gasteiger partial charge in [0.25, 0.3) is 0 Å². The third kappa shape index (κ3) is 4.63. The SMILES string of the molecule is CCN(CC)C(=O)C(CN)Cc1cc(OC)cc(OC)c1. The highest BCUT2D eigenvalue weighted by molar-refractivity contribution is 5.79. The second-order valence-corrected chi connectivity index (χ2v) is 4.87. The average Bonchev–Trinajstić information content (AvgIpc) is 2.53. The van der Waals surface area contributed by atoms with E-state index < -0.39 is 0 Å². The van der Waals surface area contributed by atoms with Crippen LogP contribution < -0.4 is 15.2 Å².